The van der Waals surface area contributed by atoms with Crippen molar-refractivity contribution < 1.29 is 4.39 Å². The maximum absolute atomic E-state index is 13.5. The lowest BCUT2D eigenvalue weighted by Crippen LogP contribution is -2.10. The average molecular weight is 310 g/mol. The Labute approximate surface area is 128 Å². The van der Waals surface area contributed by atoms with Crippen molar-refractivity contribution in [1.29, 1.82) is 0 Å². The van der Waals surface area contributed by atoms with Crippen LogP contribution in [0.15, 0.2) is 46.2 Å². The zero-order valence-electron chi connectivity index (χ0n) is 11.7. The van der Waals surface area contributed by atoms with E-state index in [0.717, 1.165) is 4.90 Å². The molecule has 0 aliphatic carbocycles. The molecule has 2 rings (SSSR count). The predicted octanol–water partition coefficient (Wildman–Crippen LogP) is 5.51. The number of rotatable bonds is 2. The number of anilines is 1. The molecule has 0 radical (unpaired) electrons. The number of nitrogen functional groups attached to an aromatic ring is 1. The normalized spacial score (nSPS) is 11.7. The summed E-state index contributed by atoms with van der Waals surface area (Å²) < 4.78 is 13.5. The highest BCUT2D eigenvalue weighted by Crippen LogP contribution is 2.35. The summed E-state index contributed by atoms with van der Waals surface area (Å²) in [5.74, 6) is -0.449. The van der Waals surface area contributed by atoms with Gasteiger partial charge in [0.25, 0.3) is 0 Å². The van der Waals surface area contributed by atoms with Crippen molar-refractivity contribution in [2.75, 3.05) is 5.73 Å². The van der Waals surface area contributed by atoms with Crippen LogP contribution in [0.3, 0.4) is 0 Å². The molecule has 0 fully saturated rings. The van der Waals surface area contributed by atoms with Gasteiger partial charge in [0.15, 0.2) is 0 Å². The standard InChI is InChI=1S/C16H17ClFNS/c1-16(2,3)10-4-6-11(7-5-10)20-15-9-13(18)12(17)8-14(15)19/h4-9H,19H2,1-3H3. The zero-order chi connectivity index (χ0) is 14.9. The molecule has 0 aromatic heterocycles. The van der Waals surface area contributed by atoms with Gasteiger partial charge in [-0.3, -0.25) is 0 Å². The lowest BCUT2D eigenvalue weighted by molar-refractivity contribution is 0.590. The fraction of sp³-hybridized carbons (Fsp3) is 0.250. The van der Waals surface area contributed by atoms with Gasteiger partial charge in [0.2, 0.25) is 0 Å². The van der Waals surface area contributed by atoms with Crippen LogP contribution in [0.1, 0.15) is 26.3 Å². The van der Waals surface area contributed by atoms with Gasteiger partial charge in [0.05, 0.1) is 5.02 Å². The molecule has 2 N–H and O–H groups in total. The van der Waals surface area contributed by atoms with E-state index >= 15 is 0 Å². The lowest BCUT2D eigenvalue weighted by atomic mass is 9.87. The maximum atomic E-state index is 13.5. The van der Waals surface area contributed by atoms with Crippen molar-refractivity contribution in [3.8, 4) is 0 Å². The molecule has 0 unspecified atom stereocenters. The van der Waals surface area contributed by atoms with Crippen LogP contribution >= 0.6 is 23.4 Å². The van der Waals surface area contributed by atoms with Crippen molar-refractivity contribution in [3.63, 3.8) is 0 Å². The first-order valence-electron chi connectivity index (χ1n) is 6.30. The van der Waals surface area contributed by atoms with Crippen molar-refractivity contribution in [3.05, 3.63) is 52.8 Å². The molecule has 0 amide bonds. The summed E-state index contributed by atoms with van der Waals surface area (Å²) in [4.78, 5) is 1.70. The van der Waals surface area contributed by atoms with Gasteiger partial charge in [-0.1, -0.05) is 56.3 Å². The summed E-state index contributed by atoms with van der Waals surface area (Å²) in [6.45, 7) is 6.51. The van der Waals surface area contributed by atoms with Gasteiger partial charge in [-0.15, -0.1) is 0 Å². The molecule has 2 aromatic rings. The van der Waals surface area contributed by atoms with Crippen LogP contribution in [0.4, 0.5) is 10.1 Å². The second-order valence-corrected chi connectivity index (χ2v) is 7.20. The van der Waals surface area contributed by atoms with E-state index in [1.54, 1.807) is 0 Å². The number of benzene rings is 2. The van der Waals surface area contributed by atoms with Crippen molar-refractivity contribution >= 4 is 29.1 Å². The first-order chi connectivity index (χ1) is 9.27. The van der Waals surface area contributed by atoms with Gasteiger partial charge in [-0.2, -0.15) is 0 Å². The molecule has 0 atom stereocenters. The largest absolute Gasteiger partial charge is 0.398 e. The molecule has 2 aromatic carbocycles. The quantitative estimate of drug-likeness (QED) is 0.740. The maximum Gasteiger partial charge on any atom is 0.143 e. The Balaban J connectivity index is 2.25. The Morgan fingerprint density at radius 2 is 1.70 bits per heavy atom. The second-order valence-electron chi connectivity index (χ2n) is 5.68. The predicted molar refractivity (Wildman–Crippen MR) is 85.1 cm³/mol. The van der Waals surface area contributed by atoms with Crippen LogP contribution in [0.2, 0.25) is 5.02 Å². The van der Waals surface area contributed by atoms with Gasteiger partial charge in [0.1, 0.15) is 5.82 Å². The minimum Gasteiger partial charge on any atom is -0.398 e. The molecule has 0 bridgehead atoms. The van der Waals surface area contributed by atoms with Crippen LogP contribution in [0.25, 0.3) is 0 Å². The fourth-order valence-electron chi connectivity index (χ4n) is 1.78. The van der Waals surface area contributed by atoms with E-state index in [4.69, 9.17) is 17.3 Å². The van der Waals surface area contributed by atoms with Crippen LogP contribution in [0.5, 0.6) is 0 Å². The summed E-state index contributed by atoms with van der Waals surface area (Å²) in [7, 11) is 0. The molecule has 4 heteroatoms. The molecule has 0 aliphatic rings. The molecule has 0 heterocycles. The molecule has 1 nitrogen and oxygen atoms in total. The highest BCUT2D eigenvalue weighted by atomic mass is 35.5. The van der Waals surface area contributed by atoms with Gasteiger partial charge in [-0.25, -0.2) is 4.39 Å². The van der Waals surface area contributed by atoms with Gasteiger partial charge in [-0.05, 0) is 35.2 Å². The van der Waals surface area contributed by atoms with E-state index in [2.05, 4.69) is 32.9 Å². The monoisotopic (exact) mass is 309 g/mol. The summed E-state index contributed by atoms with van der Waals surface area (Å²) in [5, 5.41) is 0.0509. The minimum atomic E-state index is -0.449. The van der Waals surface area contributed by atoms with E-state index in [1.165, 1.54) is 29.5 Å². The summed E-state index contributed by atoms with van der Waals surface area (Å²) >= 11 is 7.13. The van der Waals surface area contributed by atoms with Crippen molar-refractivity contribution in [2.24, 2.45) is 0 Å². The van der Waals surface area contributed by atoms with Crippen molar-refractivity contribution in [1.82, 2.24) is 0 Å². The molecule has 20 heavy (non-hydrogen) atoms. The van der Waals surface area contributed by atoms with Gasteiger partial charge in [0, 0.05) is 15.5 Å². The number of hydrogen-bond acceptors (Lipinski definition) is 2. The van der Waals surface area contributed by atoms with E-state index in [9.17, 15) is 4.39 Å². The highest BCUT2D eigenvalue weighted by Gasteiger charge is 2.13. The molecular formula is C16H17ClFNS. The highest BCUT2D eigenvalue weighted by molar-refractivity contribution is 7.99. The summed E-state index contributed by atoms with van der Waals surface area (Å²) in [6.07, 6.45) is 0. The Hall–Kier alpha value is -1.19. The minimum absolute atomic E-state index is 0.0509. The topological polar surface area (TPSA) is 26.0 Å². The van der Waals surface area contributed by atoms with E-state index in [1.807, 2.05) is 12.1 Å². The fourth-order valence-corrected chi connectivity index (χ4v) is 2.82. The Morgan fingerprint density at radius 3 is 2.25 bits per heavy atom. The number of hydrogen-bond donors (Lipinski definition) is 1. The first-order valence-corrected chi connectivity index (χ1v) is 7.50. The second kappa shape index (κ2) is 5.66. The smallest absolute Gasteiger partial charge is 0.143 e. The third-order valence-corrected chi connectivity index (χ3v) is 4.37. The SMILES string of the molecule is CC(C)(C)c1ccc(Sc2cc(F)c(Cl)cc2N)cc1. The Kier molecular flexibility index (Phi) is 4.31. The van der Waals surface area contributed by atoms with E-state index in [0.29, 0.717) is 10.6 Å². The number of halogens is 2. The third kappa shape index (κ3) is 3.47. The van der Waals surface area contributed by atoms with Crippen LogP contribution in [-0.2, 0) is 5.41 Å². The molecule has 0 saturated carbocycles. The lowest BCUT2D eigenvalue weighted by Gasteiger charge is -2.19. The zero-order valence-corrected chi connectivity index (χ0v) is 13.3. The van der Waals surface area contributed by atoms with E-state index in [-0.39, 0.29) is 10.4 Å². The van der Waals surface area contributed by atoms with Crippen LogP contribution in [-0.4, -0.2) is 0 Å². The molecule has 0 saturated heterocycles. The summed E-state index contributed by atoms with van der Waals surface area (Å²) in [5.41, 5.74) is 7.73. The van der Waals surface area contributed by atoms with Crippen LogP contribution in [0, 0.1) is 5.82 Å². The van der Waals surface area contributed by atoms with Gasteiger partial charge < -0.3 is 5.73 Å². The van der Waals surface area contributed by atoms with Gasteiger partial charge >= 0.3 is 0 Å². The van der Waals surface area contributed by atoms with Crippen molar-refractivity contribution in [2.45, 2.75) is 36.0 Å². The van der Waals surface area contributed by atoms with E-state index < -0.39 is 5.82 Å². The Bertz CT molecular complexity index is 618. The average Bonchev–Trinajstić information content (AvgIpc) is 2.35. The summed E-state index contributed by atoms with van der Waals surface area (Å²) in [6, 6.07) is 11.0. The molecule has 106 valence electrons. The Morgan fingerprint density at radius 1 is 1.10 bits per heavy atom. The number of nitrogens with two attached hydrogens (primary N) is 1. The molecule has 0 spiro atoms. The molecular weight excluding hydrogens is 293 g/mol. The first kappa shape index (κ1) is 15.2. The van der Waals surface area contributed by atoms with Crippen LogP contribution < -0.4 is 5.73 Å². The molecule has 0 aliphatic heterocycles. The third-order valence-electron chi connectivity index (χ3n) is 3.00.